The molecule has 0 saturated heterocycles. The van der Waals surface area contributed by atoms with Gasteiger partial charge in [0.2, 0.25) is 0 Å². The zero-order valence-corrected chi connectivity index (χ0v) is 15.7. The first-order valence-corrected chi connectivity index (χ1v) is 9.03. The van der Waals surface area contributed by atoms with E-state index >= 15 is 0 Å². The number of rotatable bonds is 4. The third kappa shape index (κ3) is 3.17. The zero-order valence-electron chi connectivity index (χ0n) is 15.7. The maximum Gasteiger partial charge on any atom is 0.128 e. The Morgan fingerprint density at radius 1 is 1.04 bits per heavy atom. The number of nitrogens with zero attached hydrogens (tertiary/aromatic N) is 5. The second-order valence-corrected chi connectivity index (χ2v) is 7.29. The highest BCUT2D eigenvalue weighted by Gasteiger charge is 2.15. The van der Waals surface area contributed by atoms with Gasteiger partial charge in [0.25, 0.3) is 0 Å². The minimum absolute atomic E-state index is 0.294. The topological polar surface area (TPSA) is 55.4 Å². The molecule has 1 aliphatic rings. The Morgan fingerprint density at radius 3 is 2.54 bits per heavy atom. The number of benzene rings is 2. The van der Waals surface area contributed by atoms with Gasteiger partial charge in [-0.05, 0) is 45.4 Å². The third-order valence-electron chi connectivity index (χ3n) is 4.61. The van der Waals surface area contributed by atoms with Crippen molar-refractivity contribution in [1.29, 1.82) is 0 Å². The van der Waals surface area contributed by atoms with Crippen molar-refractivity contribution < 1.29 is 0 Å². The molecule has 5 nitrogen and oxygen atoms in total. The van der Waals surface area contributed by atoms with E-state index in [0.717, 1.165) is 34.6 Å². The van der Waals surface area contributed by atoms with Crippen LogP contribution in [0.3, 0.4) is 0 Å². The van der Waals surface area contributed by atoms with Crippen LogP contribution in [-0.2, 0) is 6.42 Å². The van der Waals surface area contributed by atoms with Gasteiger partial charge in [0.1, 0.15) is 11.4 Å². The lowest BCUT2D eigenvalue weighted by molar-refractivity contribution is 0.530. The molecule has 0 fully saturated rings. The van der Waals surface area contributed by atoms with Crippen LogP contribution in [-0.4, -0.2) is 33.1 Å². The van der Waals surface area contributed by atoms with E-state index in [0.29, 0.717) is 12.6 Å². The predicted octanol–water partition coefficient (Wildman–Crippen LogP) is 4.07. The molecule has 0 saturated carbocycles. The van der Waals surface area contributed by atoms with Crippen molar-refractivity contribution in [2.24, 2.45) is 9.98 Å². The first kappa shape index (κ1) is 16.6. The van der Waals surface area contributed by atoms with Crippen molar-refractivity contribution in [2.75, 3.05) is 6.54 Å². The maximum atomic E-state index is 4.77. The quantitative estimate of drug-likeness (QED) is 0.715. The fraction of sp³-hybridized carbons (Fsp3) is 0.333. The second-order valence-electron chi connectivity index (χ2n) is 7.29. The first-order chi connectivity index (χ1) is 12.5. The lowest BCUT2D eigenvalue weighted by Gasteiger charge is -2.05. The van der Waals surface area contributed by atoms with Crippen molar-refractivity contribution in [3.63, 3.8) is 0 Å². The Balaban J connectivity index is 1.58. The molecule has 0 radical (unpaired) electrons. The summed E-state index contributed by atoms with van der Waals surface area (Å²) in [4.78, 5) is 9.41. The van der Waals surface area contributed by atoms with E-state index in [4.69, 9.17) is 4.99 Å². The van der Waals surface area contributed by atoms with Crippen molar-refractivity contribution in [3.05, 3.63) is 58.7 Å². The number of fused-ring (bicyclic) bond motifs is 1. The van der Waals surface area contributed by atoms with Crippen LogP contribution in [0.5, 0.6) is 0 Å². The highest BCUT2D eigenvalue weighted by molar-refractivity contribution is 6.13. The van der Waals surface area contributed by atoms with Crippen LogP contribution in [0.25, 0.3) is 11.0 Å². The van der Waals surface area contributed by atoms with Crippen molar-refractivity contribution >= 4 is 22.6 Å². The normalized spacial score (nSPS) is 14.2. The van der Waals surface area contributed by atoms with Crippen LogP contribution in [0.4, 0.5) is 0 Å². The van der Waals surface area contributed by atoms with Gasteiger partial charge in [0.05, 0.1) is 17.8 Å². The first-order valence-electron chi connectivity index (χ1n) is 9.03. The average molecular weight is 345 g/mol. The van der Waals surface area contributed by atoms with Gasteiger partial charge >= 0.3 is 0 Å². The minimum Gasteiger partial charge on any atom is -0.264 e. The van der Waals surface area contributed by atoms with Crippen molar-refractivity contribution in [2.45, 2.75) is 40.2 Å². The molecule has 26 heavy (non-hydrogen) atoms. The van der Waals surface area contributed by atoms with Gasteiger partial charge in [-0.1, -0.05) is 40.6 Å². The molecule has 0 aliphatic carbocycles. The summed E-state index contributed by atoms with van der Waals surface area (Å²) in [6, 6.07) is 13.1. The molecule has 2 heterocycles. The van der Waals surface area contributed by atoms with Crippen LogP contribution in [0.1, 0.15) is 42.1 Å². The molecular weight excluding hydrogens is 322 g/mol. The molecule has 132 valence electrons. The minimum atomic E-state index is 0.294. The Labute approximate surface area is 153 Å². The molecule has 0 amide bonds. The number of hydrogen-bond donors (Lipinski definition) is 0. The molecule has 5 heteroatoms. The summed E-state index contributed by atoms with van der Waals surface area (Å²) in [5, 5.41) is 8.55. The van der Waals surface area contributed by atoms with Crippen LogP contribution in [0.15, 0.2) is 46.4 Å². The predicted molar refractivity (Wildman–Crippen MR) is 106 cm³/mol. The molecule has 1 aliphatic heterocycles. The van der Waals surface area contributed by atoms with E-state index in [1.807, 2.05) is 4.68 Å². The monoisotopic (exact) mass is 345 g/mol. The molecule has 4 rings (SSSR count). The molecule has 0 N–H and O–H groups in total. The fourth-order valence-corrected chi connectivity index (χ4v) is 3.50. The summed E-state index contributed by atoms with van der Waals surface area (Å²) in [5.74, 6) is 0.899. The smallest absolute Gasteiger partial charge is 0.128 e. The van der Waals surface area contributed by atoms with E-state index in [9.17, 15) is 0 Å². The molecule has 0 bridgehead atoms. The Morgan fingerprint density at radius 2 is 1.81 bits per heavy atom. The van der Waals surface area contributed by atoms with Gasteiger partial charge in [0, 0.05) is 18.0 Å². The molecule has 0 unspecified atom stereocenters. The Hall–Kier alpha value is -2.82. The fourth-order valence-electron chi connectivity index (χ4n) is 3.50. The van der Waals surface area contributed by atoms with Crippen LogP contribution in [0, 0.1) is 13.8 Å². The Kier molecular flexibility index (Phi) is 4.15. The maximum absolute atomic E-state index is 4.77. The molecule has 3 aromatic rings. The molecule has 0 atom stereocenters. The summed E-state index contributed by atoms with van der Waals surface area (Å²) >= 11 is 0. The number of aliphatic imine (C=N–C) groups is 2. The van der Waals surface area contributed by atoms with Gasteiger partial charge in [-0.15, -0.1) is 5.10 Å². The zero-order chi connectivity index (χ0) is 18.3. The summed E-state index contributed by atoms with van der Waals surface area (Å²) in [6.45, 7) is 9.10. The average Bonchev–Trinajstić information content (AvgIpc) is 3.19. The number of hydrogen-bond acceptors (Lipinski definition) is 4. The van der Waals surface area contributed by atoms with Crippen LogP contribution in [0.2, 0.25) is 0 Å². The standard InChI is InChI=1S/C21H23N5/c1-13(2)26-20-6-5-17(11-18(20)24-25-26)19-12-22-21(23-19)10-16-8-14(3)7-15(4)9-16/h5-9,11,13H,10,12H2,1-4H3. The van der Waals surface area contributed by atoms with Crippen LogP contribution >= 0.6 is 0 Å². The van der Waals surface area contributed by atoms with E-state index < -0.39 is 0 Å². The van der Waals surface area contributed by atoms with E-state index in [2.05, 4.69) is 79.4 Å². The van der Waals surface area contributed by atoms with Crippen LogP contribution < -0.4 is 0 Å². The highest BCUT2D eigenvalue weighted by Crippen LogP contribution is 2.19. The molecule has 0 spiro atoms. The SMILES string of the molecule is Cc1cc(C)cc(CC2=NCC(c3ccc4c(c3)nnn4C(C)C)=N2)c1. The van der Waals surface area contributed by atoms with E-state index in [1.54, 1.807) is 0 Å². The number of aromatic nitrogens is 3. The van der Waals surface area contributed by atoms with Crippen molar-refractivity contribution in [1.82, 2.24) is 15.0 Å². The second kappa shape index (κ2) is 6.48. The van der Waals surface area contributed by atoms with Gasteiger partial charge in [0.15, 0.2) is 0 Å². The number of aryl methyl sites for hydroxylation is 2. The highest BCUT2D eigenvalue weighted by atomic mass is 15.4. The van der Waals surface area contributed by atoms with Gasteiger partial charge in [-0.2, -0.15) is 0 Å². The molecular formula is C21H23N5. The molecule has 2 aromatic carbocycles. The van der Waals surface area contributed by atoms with E-state index in [-0.39, 0.29) is 0 Å². The summed E-state index contributed by atoms with van der Waals surface area (Å²) in [6.07, 6.45) is 0.776. The lowest BCUT2D eigenvalue weighted by atomic mass is 10.0. The van der Waals surface area contributed by atoms with Gasteiger partial charge in [-0.25, -0.2) is 9.67 Å². The summed E-state index contributed by atoms with van der Waals surface area (Å²) in [5.41, 5.74) is 7.86. The number of amidine groups is 1. The van der Waals surface area contributed by atoms with Crippen molar-refractivity contribution in [3.8, 4) is 0 Å². The van der Waals surface area contributed by atoms with Gasteiger partial charge in [-0.3, -0.25) is 4.99 Å². The third-order valence-corrected chi connectivity index (χ3v) is 4.61. The van der Waals surface area contributed by atoms with Gasteiger partial charge < -0.3 is 0 Å². The lowest BCUT2D eigenvalue weighted by Crippen LogP contribution is -2.04. The largest absolute Gasteiger partial charge is 0.264 e. The molecule has 1 aromatic heterocycles. The summed E-state index contributed by atoms with van der Waals surface area (Å²) < 4.78 is 1.94. The summed E-state index contributed by atoms with van der Waals surface area (Å²) in [7, 11) is 0. The Bertz CT molecular complexity index is 1020. The van der Waals surface area contributed by atoms with E-state index in [1.165, 1.54) is 16.7 Å².